The van der Waals surface area contributed by atoms with Gasteiger partial charge in [0.1, 0.15) is 5.82 Å². The molecule has 0 unspecified atom stereocenters. The molecule has 0 radical (unpaired) electrons. The predicted molar refractivity (Wildman–Crippen MR) is 56.4 cm³/mol. The van der Waals surface area contributed by atoms with Crippen molar-refractivity contribution < 1.29 is 18.0 Å². The van der Waals surface area contributed by atoms with Gasteiger partial charge in [0.2, 0.25) is 5.78 Å². The van der Waals surface area contributed by atoms with Crippen molar-refractivity contribution in [2.45, 2.75) is 12.6 Å². The fourth-order valence-corrected chi connectivity index (χ4v) is 1.59. The summed E-state index contributed by atoms with van der Waals surface area (Å²) in [6.45, 7) is 0. The molecule has 90 valence electrons. The molecule has 0 spiro atoms. The first-order valence-corrected chi connectivity index (χ1v) is 5.26. The van der Waals surface area contributed by atoms with Crippen molar-refractivity contribution in [3.63, 3.8) is 0 Å². The quantitative estimate of drug-likeness (QED) is 0.927. The smallest absolute Gasteiger partial charge is 0.340 e. The van der Waals surface area contributed by atoms with Gasteiger partial charge in [0.05, 0.1) is 11.9 Å². The van der Waals surface area contributed by atoms with E-state index in [4.69, 9.17) is 0 Å². The molecule has 2 heterocycles. The van der Waals surface area contributed by atoms with E-state index in [9.17, 15) is 18.0 Å². The van der Waals surface area contributed by atoms with Crippen molar-refractivity contribution in [3.05, 3.63) is 22.6 Å². The van der Waals surface area contributed by atoms with Gasteiger partial charge in [-0.15, -0.1) is 0 Å². The number of hydrogen-bond acceptors (Lipinski definition) is 3. The molecule has 1 N–H and O–H groups in total. The number of nitrogens with one attached hydrogen (secondary N) is 1. The van der Waals surface area contributed by atoms with E-state index in [2.05, 4.69) is 30.9 Å². The van der Waals surface area contributed by atoms with Crippen LogP contribution in [0.4, 0.5) is 13.2 Å². The monoisotopic (exact) mass is 307 g/mol. The number of imidazole rings is 1. The molecule has 2 aromatic heterocycles. The Bertz CT molecular complexity index is 578. The lowest BCUT2D eigenvalue weighted by Crippen LogP contribution is -2.24. The second kappa shape index (κ2) is 4.10. The van der Waals surface area contributed by atoms with Crippen LogP contribution >= 0.6 is 15.9 Å². The number of rotatable bonds is 2. The Hall–Kier alpha value is -1.44. The Morgan fingerprint density at radius 1 is 1.47 bits per heavy atom. The summed E-state index contributed by atoms with van der Waals surface area (Å²) in [7, 11) is 0. The lowest BCUT2D eigenvalue weighted by Gasteiger charge is -2.01. The van der Waals surface area contributed by atoms with Crippen LogP contribution in [-0.4, -0.2) is 26.9 Å². The average Bonchev–Trinajstić information content (AvgIpc) is 2.57. The van der Waals surface area contributed by atoms with E-state index in [1.165, 1.54) is 6.20 Å². The zero-order chi connectivity index (χ0) is 12.6. The van der Waals surface area contributed by atoms with Gasteiger partial charge in [-0.2, -0.15) is 13.2 Å². The number of alkyl halides is 3. The maximum absolute atomic E-state index is 12.0. The van der Waals surface area contributed by atoms with Crippen molar-refractivity contribution in [3.8, 4) is 0 Å². The summed E-state index contributed by atoms with van der Waals surface area (Å²) in [6.07, 6.45) is -4.18. The number of aromatic amines is 1. The van der Waals surface area contributed by atoms with Gasteiger partial charge in [0, 0.05) is 10.7 Å². The Kier molecular flexibility index (Phi) is 2.90. The third-order valence-corrected chi connectivity index (χ3v) is 2.43. The molecule has 0 saturated carbocycles. The molecular weight excluding hydrogens is 303 g/mol. The standard InChI is InChI=1S/C9H5BrF3N3O/c10-4-1-5-8(14-3-4)16-7(15-5)2-6(17)9(11,12)13/h1,3H,2H2,(H,14,15,16). The lowest BCUT2D eigenvalue weighted by atomic mass is 10.3. The molecule has 2 rings (SSSR count). The Morgan fingerprint density at radius 3 is 2.82 bits per heavy atom. The first-order chi connectivity index (χ1) is 7.86. The van der Waals surface area contributed by atoms with E-state index >= 15 is 0 Å². The van der Waals surface area contributed by atoms with Crippen LogP contribution < -0.4 is 0 Å². The lowest BCUT2D eigenvalue weighted by molar-refractivity contribution is -0.170. The Labute approximate surface area is 101 Å². The van der Waals surface area contributed by atoms with Gasteiger partial charge in [-0.1, -0.05) is 0 Å². The second-order valence-electron chi connectivity index (χ2n) is 3.31. The van der Waals surface area contributed by atoms with Crippen molar-refractivity contribution in [1.82, 2.24) is 15.0 Å². The summed E-state index contributed by atoms with van der Waals surface area (Å²) in [5, 5.41) is 0. The zero-order valence-electron chi connectivity index (χ0n) is 8.18. The largest absolute Gasteiger partial charge is 0.450 e. The molecule has 2 aromatic rings. The molecule has 0 fully saturated rings. The molecule has 0 atom stereocenters. The molecule has 0 aromatic carbocycles. The third kappa shape index (κ3) is 2.63. The van der Waals surface area contributed by atoms with E-state index in [1.807, 2.05) is 0 Å². The van der Waals surface area contributed by atoms with Gasteiger partial charge in [0.15, 0.2) is 5.65 Å². The Morgan fingerprint density at radius 2 is 2.18 bits per heavy atom. The molecule has 4 nitrogen and oxygen atoms in total. The van der Waals surface area contributed by atoms with Crippen LogP contribution in [0.3, 0.4) is 0 Å². The number of Topliss-reactive ketones (excluding diaryl/α,β-unsaturated/α-hetero) is 1. The van der Waals surface area contributed by atoms with Crippen LogP contribution in [0, 0.1) is 0 Å². The number of pyridine rings is 1. The molecule has 0 aliphatic rings. The number of halogens is 4. The minimum absolute atomic E-state index is 0.0482. The maximum Gasteiger partial charge on any atom is 0.450 e. The summed E-state index contributed by atoms with van der Waals surface area (Å²) in [5.74, 6) is -1.89. The highest BCUT2D eigenvalue weighted by Gasteiger charge is 2.38. The zero-order valence-corrected chi connectivity index (χ0v) is 9.76. The normalized spacial score (nSPS) is 12.0. The van der Waals surface area contributed by atoms with E-state index in [1.54, 1.807) is 6.07 Å². The molecule has 0 bridgehead atoms. The van der Waals surface area contributed by atoms with Crippen molar-refractivity contribution in [2.75, 3.05) is 0 Å². The first-order valence-electron chi connectivity index (χ1n) is 4.46. The number of H-pyrrole nitrogens is 1. The predicted octanol–water partition coefficient (Wildman–Crippen LogP) is 2.39. The Balaban J connectivity index is 2.29. The number of fused-ring (bicyclic) bond motifs is 1. The summed E-state index contributed by atoms with van der Waals surface area (Å²) in [4.78, 5) is 21.1. The molecule has 0 saturated heterocycles. The minimum atomic E-state index is -4.84. The average molecular weight is 308 g/mol. The number of nitrogens with zero attached hydrogens (tertiary/aromatic N) is 2. The summed E-state index contributed by atoms with van der Waals surface area (Å²) < 4.78 is 36.8. The van der Waals surface area contributed by atoms with Gasteiger partial charge in [-0.05, 0) is 22.0 Å². The van der Waals surface area contributed by atoms with Gasteiger partial charge in [-0.3, -0.25) is 4.79 Å². The molecule has 17 heavy (non-hydrogen) atoms. The molecular formula is C9H5BrF3N3O. The van der Waals surface area contributed by atoms with E-state index in [0.717, 1.165) is 0 Å². The number of ketones is 1. The SMILES string of the molecule is O=C(Cc1nc2ncc(Br)cc2[nH]1)C(F)(F)F. The van der Waals surface area contributed by atoms with Crippen LogP contribution in [-0.2, 0) is 11.2 Å². The van der Waals surface area contributed by atoms with Gasteiger partial charge >= 0.3 is 6.18 Å². The highest BCUT2D eigenvalue weighted by atomic mass is 79.9. The van der Waals surface area contributed by atoms with Crippen molar-refractivity contribution in [2.24, 2.45) is 0 Å². The summed E-state index contributed by atoms with van der Waals surface area (Å²) in [6, 6.07) is 1.62. The maximum atomic E-state index is 12.0. The second-order valence-corrected chi connectivity index (χ2v) is 4.22. The molecule has 8 heteroatoms. The number of aromatic nitrogens is 3. The third-order valence-electron chi connectivity index (χ3n) is 2.00. The number of carbonyl (C=O) groups excluding carboxylic acids is 1. The van der Waals surface area contributed by atoms with Gasteiger partial charge in [-0.25, -0.2) is 9.97 Å². The van der Waals surface area contributed by atoms with Crippen LogP contribution in [0.15, 0.2) is 16.7 Å². The van der Waals surface area contributed by atoms with Crippen LogP contribution in [0.25, 0.3) is 11.2 Å². The summed E-state index contributed by atoms with van der Waals surface area (Å²) in [5.41, 5.74) is 0.752. The van der Waals surface area contributed by atoms with E-state index < -0.39 is 18.4 Å². The first kappa shape index (κ1) is 12.0. The highest BCUT2D eigenvalue weighted by molar-refractivity contribution is 9.10. The van der Waals surface area contributed by atoms with Crippen molar-refractivity contribution >= 4 is 32.9 Å². The summed E-state index contributed by atoms with van der Waals surface area (Å²) >= 11 is 3.17. The minimum Gasteiger partial charge on any atom is -0.340 e. The van der Waals surface area contributed by atoms with Crippen LogP contribution in [0.1, 0.15) is 5.82 Å². The number of hydrogen-bond donors (Lipinski definition) is 1. The molecule has 0 aliphatic carbocycles. The van der Waals surface area contributed by atoms with Gasteiger partial charge in [0.25, 0.3) is 0 Å². The highest BCUT2D eigenvalue weighted by Crippen LogP contribution is 2.19. The van der Waals surface area contributed by atoms with Gasteiger partial charge < -0.3 is 4.98 Å². The van der Waals surface area contributed by atoms with E-state index in [-0.39, 0.29) is 11.5 Å². The van der Waals surface area contributed by atoms with Crippen LogP contribution in [0.5, 0.6) is 0 Å². The topological polar surface area (TPSA) is 58.6 Å². The fourth-order valence-electron chi connectivity index (χ4n) is 1.26. The van der Waals surface area contributed by atoms with Crippen LogP contribution in [0.2, 0.25) is 0 Å². The van der Waals surface area contributed by atoms with E-state index in [0.29, 0.717) is 9.99 Å². The van der Waals surface area contributed by atoms with Crippen molar-refractivity contribution in [1.29, 1.82) is 0 Å². The fraction of sp³-hybridized carbons (Fsp3) is 0.222. The number of carbonyl (C=O) groups is 1. The molecule has 0 amide bonds. The molecule has 0 aliphatic heterocycles.